The molecule has 0 bridgehead atoms. The van der Waals surface area contributed by atoms with Crippen molar-refractivity contribution in [3.8, 4) is 5.75 Å². The zero-order valence-electron chi connectivity index (χ0n) is 9.94. The number of methoxy groups -OCH3 is 1. The van der Waals surface area contributed by atoms with Crippen molar-refractivity contribution < 1.29 is 14.3 Å². The summed E-state index contributed by atoms with van der Waals surface area (Å²) in [6.07, 6.45) is 1.93. The van der Waals surface area contributed by atoms with Gasteiger partial charge in [-0.25, -0.2) is 9.88 Å². The van der Waals surface area contributed by atoms with Gasteiger partial charge in [0, 0.05) is 12.8 Å². The van der Waals surface area contributed by atoms with E-state index in [1.807, 2.05) is 22.6 Å². The number of H-pyrrole nitrogens is 1. The first-order valence-corrected chi connectivity index (χ1v) is 6.63. The maximum absolute atomic E-state index is 11.8. The van der Waals surface area contributed by atoms with Crippen LogP contribution in [0.25, 0.3) is 10.9 Å². The van der Waals surface area contributed by atoms with Gasteiger partial charge < -0.3 is 4.74 Å². The fraction of sp³-hybridized carbons (Fsp3) is 0.273. The first-order chi connectivity index (χ1) is 9.13. The summed E-state index contributed by atoms with van der Waals surface area (Å²) in [7, 11) is 1.52. The van der Waals surface area contributed by atoms with Gasteiger partial charge in [-0.3, -0.25) is 14.7 Å². The quantitative estimate of drug-likeness (QED) is 0.633. The minimum Gasteiger partial charge on any atom is -0.493 e. The molecule has 1 fully saturated rings. The van der Waals surface area contributed by atoms with Gasteiger partial charge in [0.15, 0.2) is 11.6 Å². The number of carbonyl (C=O) groups is 2. The molecule has 0 aromatic carbocycles. The van der Waals surface area contributed by atoms with E-state index in [0.717, 1.165) is 4.90 Å². The smallest absolute Gasteiger partial charge is 0.235 e. The molecule has 0 saturated carbocycles. The first-order valence-electron chi connectivity index (χ1n) is 5.56. The van der Waals surface area contributed by atoms with Crippen LogP contribution in [0.15, 0.2) is 6.20 Å². The highest BCUT2D eigenvalue weighted by molar-refractivity contribution is 14.1. The van der Waals surface area contributed by atoms with Crippen LogP contribution in [0, 0.1) is 3.70 Å². The molecule has 0 unspecified atom stereocenters. The molecule has 2 aromatic heterocycles. The summed E-state index contributed by atoms with van der Waals surface area (Å²) < 4.78 is 5.83. The maximum Gasteiger partial charge on any atom is 0.235 e. The molecule has 7 nitrogen and oxygen atoms in total. The lowest BCUT2D eigenvalue weighted by molar-refractivity contribution is -0.121. The summed E-state index contributed by atoms with van der Waals surface area (Å²) in [5, 5.41) is 7.54. The van der Waals surface area contributed by atoms with E-state index in [9.17, 15) is 9.59 Å². The Hall–Kier alpha value is -1.71. The number of fused-ring (bicyclic) bond motifs is 1. The van der Waals surface area contributed by atoms with Crippen molar-refractivity contribution in [3.05, 3.63) is 9.90 Å². The summed E-state index contributed by atoms with van der Waals surface area (Å²) in [6, 6.07) is 0. The number of hydrogen-bond acceptors (Lipinski definition) is 5. The van der Waals surface area contributed by atoms with Crippen molar-refractivity contribution in [2.45, 2.75) is 12.8 Å². The average Bonchev–Trinajstić information content (AvgIpc) is 2.94. The predicted molar refractivity (Wildman–Crippen MR) is 74.9 cm³/mol. The van der Waals surface area contributed by atoms with E-state index in [-0.39, 0.29) is 24.7 Å². The number of amides is 2. The molecule has 8 heteroatoms. The van der Waals surface area contributed by atoms with Crippen LogP contribution in [-0.2, 0) is 9.59 Å². The lowest BCUT2D eigenvalue weighted by Gasteiger charge is -2.14. The van der Waals surface area contributed by atoms with Crippen LogP contribution in [0.1, 0.15) is 12.8 Å². The van der Waals surface area contributed by atoms with Gasteiger partial charge >= 0.3 is 0 Å². The highest BCUT2D eigenvalue weighted by Gasteiger charge is 2.33. The van der Waals surface area contributed by atoms with Gasteiger partial charge in [0.25, 0.3) is 0 Å². The Morgan fingerprint density at radius 2 is 2.05 bits per heavy atom. The number of ether oxygens (including phenoxy) is 1. The van der Waals surface area contributed by atoms with Crippen molar-refractivity contribution in [2.75, 3.05) is 12.0 Å². The number of halogens is 1. The predicted octanol–water partition coefficient (Wildman–Crippen LogP) is 1.22. The van der Waals surface area contributed by atoms with Gasteiger partial charge in [-0.05, 0) is 22.6 Å². The number of anilines is 1. The number of nitrogens with one attached hydrogen (secondary N) is 1. The normalized spacial score (nSPS) is 15.6. The number of imide groups is 1. The molecule has 1 aliphatic rings. The van der Waals surface area contributed by atoms with E-state index in [2.05, 4.69) is 15.2 Å². The minimum absolute atomic E-state index is 0.225. The minimum atomic E-state index is -0.235. The molecule has 0 aliphatic carbocycles. The van der Waals surface area contributed by atoms with Crippen LogP contribution in [0.3, 0.4) is 0 Å². The van der Waals surface area contributed by atoms with E-state index in [0.29, 0.717) is 26.2 Å². The SMILES string of the molecule is COc1cnc(N2C(=O)CCC2=O)c2c(I)n[nH]c12. The molecule has 1 N–H and O–H groups in total. The third-order valence-electron chi connectivity index (χ3n) is 2.98. The third-order valence-corrected chi connectivity index (χ3v) is 3.76. The lowest BCUT2D eigenvalue weighted by atomic mass is 10.3. The Morgan fingerprint density at radius 3 is 2.68 bits per heavy atom. The number of pyridine rings is 1. The van der Waals surface area contributed by atoms with Crippen molar-refractivity contribution in [1.82, 2.24) is 15.2 Å². The monoisotopic (exact) mass is 372 g/mol. The Labute approximate surface area is 121 Å². The molecule has 3 rings (SSSR count). The fourth-order valence-electron chi connectivity index (χ4n) is 2.09. The highest BCUT2D eigenvalue weighted by atomic mass is 127. The largest absolute Gasteiger partial charge is 0.493 e. The molecular formula is C11H9IN4O3. The van der Waals surface area contributed by atoms with Crippen LogP contribution >= 0.6 is 22.6 Å². The Kier molecular flexibility index (Phi) is 2.88. The summed E-state index contributed by atoms with van der Waals surface area (Å²) in [5.41, 5.74) is 0.629. The van der Waals surface area contributed by atoms with Gasteiger partial charge in [-0.2, -0.15) is 5.10 Å². The van der Waals surface area contributed by atoms with E-state index in [1.165, 1.54) is 13.3 Å². The van der Waals surface area contributed by atoms with Crippen molar-refractivity contribution in [3.63, 3.8) is 0 Å². The molecule has 98 valence electrons. The average molecular weight is 372 g/mol. The number of aromatic amines is 1. The second kappa shape index (κ2) is 4.44. The lowest BCUT2D eigenvalue weighted by Crippen LogP contribution is -2.29. The highest BCUT2D eigenvalue weighted by Crippen LogP contribution is 2.34. The van der Waals surface area contributed by atoms with E-state index < -0.39 is 0 Å². The molecular weight excluding hydrogens is 363 g/mol. The number of aromatic nitrogens is 3. The molecule has 3 heterocycles. The van der Waals surface area contributed by atoms with E-state index in [4.69, 9.17) is 4.74 Å². The molecule has 0 radical (unpaired) electrons. The van der Waals surface area contributed by atoms with Crippen molar-refractivity contribution in [2.24, 2.45) is 0 Å². The van der Waals surface area contributed by atoms with Crippen LogP contribution in [0.4, 0.5) is 5.82 Å². The number of hydrogen-bond donors (Lipinski definition) is 1. The Balaban J connectivity index is 2.27. The van der Waals surface area contributed by atoms with Gasteiger partial charge in [-0.15, -0.1) is 0 Å². The van der Waals surface area contributed by atoms with E-state index >= 15 is 0 Å². The summed E-state index contributed by atoms with van der Waals surface area (Å²) in [5.74, 6) is 0.372. The van der Waals surface area contributed by atoms with Crippen LogP contribution in [0.5, 0.6) is 5.75 Å². The molecule has 2 aromatic rings. The van der Waals surface area contributed by atoms with Crippen molar-refractivity contribution in [1.29, 1.82) is 0 Å². The second-order valence-electron chi connectivity index (χ2n) is 4.04. The molecule has 2 amide bonds. The topological polar surface area (TPSA) is 88.2 Å². The van der Waals surface area contributed by atoms with Gasteiger partial charge in [-0.1, -0.05) is 0 Å². The number of nitrogens with zero attached hydrogens (tertiary/aromatic N) is 3. The zero-order chi connectivity index (χ0) is 13.6. The maximum atomic E-state index is 11.8. The second-order valence-corrected chi connectivity index (χ2v) is 5.06. The number of carbonyl (C=O) groups excluding carboxylic acids is 2. The summed E-state index contributed by atoms with van der Waals surface area (Å²) in [6.45, 7) is 0. The zero-order valence-corrected chi connectivity index (χ0v) is 12.1. The molecule has 1 saturated heterocycles. The Bertz CT molecular complexity index is 681. The van der Waals surface area contributed by atoms with Gasteiger partial charge in [0.1, 0.15) is 9.22 Å². The molecule has 0 atom stereocenters. The van der Waals surface area contributed by atoms with Crippen LogP contribution < -0.4 is 9.64 Å². The van der Waals surface area contributed by atoms with Crippen molar-refractivity contribution >= 4 is 51.1 Å². The number of rotatable bonds is 2. The summed E-state index contributed by atoms with van der Waals surface area (Å²) in [4.78, 5) is 28.9. The third kappa shape index (κ3) is 1.78. The summed E-state index contributed by atoms with van der Waals surface area (Å²) >= 11 is 2.03. The van der Waals surface area contributed by atoms with Crippen LogP contribution in [-0.4, -0.2) is 34.1 Å². The molecule has 0 spiro atoms. The standard InChI is InChI=1S/C11H9IN4O3/c1-19-5-4-13-11(8-9(5)14-15-10(8)12)16-6(17)2-3-7(16)18/h4H,2-3H2,1H3,(H,14,15). The van der Waals surface area contributed by atoms with Crippen LogP contribution in [0.2, 0.25) is 0 Å². The van der Waals surface area contributed by atoms with Gasteiger partial charge in [0.05, 0.1) is 18.7 Å². The van der Waals surface area contributed by atoms with Gasteiger partial charge in [0.2, 0.25) is 11.8 Å². The molecule has 19 heavy (non-hydrogen) atoms. The van der Waals surface area contributed by atoms with E-state index in [1.54, 1.807) is 0 Å². The molecule has 1 aliphatic heterocycles. The fourth-order valence-corrected chi connectivity index (χ4v) is 2.72. The Morgan fingerprint density at radius 1 is 1.37 bits per heavy atom. The first kappa shape index (κ1) is 12.3.